The number of thioether (sulfide) groups is 1. The average Bonchev–Trinajstić information content (AvgIpc) is 3.14. The predicted octanol–water partition coefficient (Wildman–Crippen LogP) is 4.12. The fraction of sp³-hybridized carbons (Fsp3) is 0.176. The summed E-state index contributed by atoms with van der Waals surface area (Å²) in [5.41, 5.74) is 3.40. The van der Waals surface area contributed by atoms with Gasteiger partial charge in [0, 0.05) is 11.6 Å². The molecule has 0 fully saturated rings. The molecule has 0 atom stereocenters. The average molecular weight is 360 g/mol. The molecule has 0 spiro atoms. The summed E-state index contributed by atoms with van der Waals surface area (Å²) < 4.78 is 7.71. The van der Waals surface area contributed by atoms with Gasteiger partial charge in [0.1, 0.15) is 11.3 Å². The van der Waals surface area contributed by atoms with E-state index in [0.29, 0.717) is 22.5 Å². The summed E-state index contributed by atoms with van der Waals surface area (Å²) in [5, 5.41) is 10.6. The summed E-state index contributed by atoms with van der Waals surface area (Å²) >= 11 is 7.57. The molecule has 5 nitrogen and oxygen atoms in total. The molecule has 2 aromatic carbocycles. The van der Waals surface area contributed by atoms with E-state index in [2.05, 4.69) is 9.97 Å². The molecule has 0 amide bonds. The number of imidazole rings is 1. The lowest BCUT2D eigenvalue weighted by molar-refractivity contribution is 0.276. The first-order valence-electron chi connectivity index (χ1n) is 7.48. The minimum atomic E-state index is 0.0402. The number of benzene rings is 2. The van der Waals surface area contributed by atoms with Crippen LogP contribution < -0.4 is 0 Å². The first kappa shape index (κ1) is 15.5. The first-order valence-corrected chi connectivity index (χ1v) is 8.85. The van der Waals surface area contributed by atoms with Gasteiger partial charge in [-0.15, -0.1) is 0 Å². The lowest BCUT2D eigenvalue weighted by Gasteiger charge is -2.06. The van der Waals surface area contributed by atoms with E-state index in [1.807, 2.05) is 47.0 Å². The molecule has 0 saturated heterocycles. The summed E-state index contributed by atoms with van der Waals surface area (Å²) in [4.78, 5) is 9.10. The zero-order chi connectivity index (χ0) is 16.5. The monoisotopic (exact) mass is 359 g/mol. The Morgan fingerprint density at radius 1 is 1.12 bits per heavy atom. The van der Waals surface area contributed by atoms with Crippen LogP contribution in [0.15, 0.2) is 52.1 Å². The molecule has 0 bridgehead atoms. The van der Waals surface area contributed by atoms with Gasteiger partial charge in [0.25, 0.3) is 5.22 Å². The molecule has 24 heavy (non-hydrogen) atoms. The molecule has 1 N–H and O–H groups in total. The van der Waals surface area contributed by atoms with Crippen LogP contribution in [-0.2, 0) is 12.3 Å². The molecular weight excluding hydrogens is 346 g/mol. The van der Waals surface area contributed by atoms with Crippen molar-refractivity contribution >= 4 is 45.5 Å². The second-order valence-electron chi connectivity index (χ2n) is 5.27. The maximum atomic E-state index is 9.35. The maximum absolute atomic E-state index is 9.35. The number of aliphatic hydroxyl groups is 1. The smallest absolute Gasteiger partial charge is 0.257 e. The van der Waals surface area contributed by atoms with Crippen LogP contribution in [0.4, 0.5) is 0 Å². The predicted molar refractivity (Wildman–Crippen MR) is 95.4 cm³/mol. The highest BCUT2D eigenvalue weighted by Gasteiger charge is 2.13. The van der Waals surface area contributed by atoms with E-state index in [1.54, 1.807) is 0 Å². The van der Waals surface area contributed by atoms with Crippen LogP contribution in [0, 0.1) is 0 Å². The topological polar surface area (TPSA) is 64.1 Å². The van der Waals surface area contributed by atoms with Gasteiger partial charge >= 0.3 is 0 Å². The standard InChI is InChI=1S/C17H14ClN3O2S/c18-11-5-6-12-14(9-11)21(7-8-22)16(19-12)10-24-17-20-13-3-1-2-4-15(13)23-17/h1-6,9,22H,7-8,10H2. The number of rotatable bonds is 5. The van der Waals surface area contributed by atoms with Gasteiger partial charge in [0.15, 0.2) is 5.58 Å². The molecule has 4 aromatic rings. The lowest BCUT2D eigenvalue weighted by atomic mass is 10.3. The number of para-hydroxylation sites is 2. The molecule has 0 aliphatic carbocycles. The van der Waals surface area contributed by atoms with Gasteiger partial charge < -0.3 is 14.1 Å². The third kappa shape index (κ3) is 2.88. The molecular formula is C17H14ClN3O2S. The molecule has 4 rings (SSSR count). The number of nitrogens with zero attached hydrogens (tertiary/aromatic N) is 3. The van der Waals surface area contributed by atoms with Crippen LogP contribution in [0.25, 0.3) is 22.1 Å². The molecule has 0 saturated carbocycles. The van der Waals surface area contributed by atoms with Crippen molar-refractivity contribution < 1.29 is 9.52 Å². The Balaban J connectivity index is 1.64. The van der Waals surface area contributed by atoms with Gasteiger partial charge in [-0.2, -0.15) is 0 Å². The van der Waals surface area contributed by atoms with Crippen LogP contribution in [-0.4, -0.2) is 26.2 Å². The highest BCUT2D eigenvalue weighted by atomic mass is 35.5. The number of aromatic nitrogens is 3. The molecule has 7 heteroatoms. The van der Waals surface area contributed by atoms with E-state index in [1.165, 1.54) is 11.8 Å². The maximum Gasteiger partial charge on any atom is 0.257 e. The number of aliphatic hydroxyl groups excluding tert-OH is 1. The van der Waals surface area contributed by atoms with Gasteiger partial charge in [-0.05, 0) is 30.3 Å². The van der Waals surface area contributed by atoms with E-state index in [0.717, 1.165) is 28.0 Å². The number of fused-ring (bicyclic) bond motifs is 2. The van der Waals surface area contributed by atoms with Crippen molar-refractivity contribution in [3.05, 3.63) is 53.3 Å². The Morgan fingerprint density at radius 2 is 2.00 bits per heavy atom. The third-order valence-electron chi connectivity index (χ3n) is 3.71. The van der Waals surface area contributed by atoms with E-state index < -0.39 is 0 Å². The van der Waals surface area contributed by atoms with Crippen LogP contribution in [0.5, 0.6) is 0 Å². The van der Waals surface area contributed by atoms with Crippen molar-refractivity contribution in [3.63, 3.8) is 0 Å². The SMILES string of the molecule is OCCn1c(CSc2nc3ccccc3o2)nc2ccc(Cl)cc21. The van der Waals surface area contributed by atoms with Crippen molar-refractivity contribution in [2.24, 2.45) is 0 Å². The first-order chi connectivity index (χ1) is 11.7. The zero-order valence-corrected chi connectivity index (χ0v) is 14.2. The Labute approximate surface area is 147 Å². The fourth-order valence-electron chi connectivity index (χ4n) is 2.64. The van der Waals surface area contributed by atoms with Crippen molar-refractivity contribution in [1.29, 1.82) is 0 Å². The highest BCUT2D eigenvalue weighted by molar-refractivity contribution is 7.98. The number of halogens is 1. The third-order valence-corrected chi connectivity index (χ3v) is 4.77. The molecule has 0 aliphatic heterocycles. The van der Waals surface area contributed by atoms with Crippen LogP contribution in [0.2, 0.25) is 5.02 Å². The van der Waals surface area contributed by atoms with Crippen molar-refractivity contribution in [3.8, 4) is 0 Å². The minimum absolute atomic E-state index is 0.0402. The number of hydrogen-bond acceptors (Lipinski definition) is 5. The summed E-state index contributed by atoms with van der Waals surface area (Å²) in [6, 6.07) is 13.3. The van der Waals surface area contributed by atoms with Crippen molar-refractivity contribution in [2.75, 3.05) is 6.61 Å². The Hall–Kier alpha value is -2.02. The summed E-state index contributed by atoms with van der Waals surface area (Å²) in [6.45, 7) is 0.513. The number of hydrogen-bond donors (Lipinski definition) is 1. The minimum Gasteiger partial charge on any atom is -0.431 e. The Kier molecular flexibility index (Phi) is 4.18. The zero-order valence-electron chi connectivity index (χ0n) is 12.6. The highest BCUT2D eigenvalue weighted by Crippen LogP contribution is 2.28. The normalized spacial score (nSPS) is 11.6. The molecule has 0 unspecified atom stereocenters. The quantitative estimate of drug-likeness (QED) is 0.543. The molecule has 122 valence electrons. The van der Waals surface area contributed by atoms with Crippen LogP contribution in [0.3, 0.4) is 0 Å². The largest absolute Gasteiger partial charge is 0.431 e. The fourth-order valence-corrected chi connectivity index (χ4v) is 3.60. The lowest BCUT2D eigenvalue weighted by Crippen LogP contribution is -2.06. The van der Waals surface area contributed by atoms with E-state index >= 15 is 0 Å². The Bertz CT molecular complexity index is 979. The van der Waals surface area contributed by atoms with Crippen molar-refractivity contribution in [1.82, 2.24) is 14.5 Å². The van der Waals surface area contributed by atoms with E-state index in [4.69, 9.17) is 16.0 Å². The van der Waals surface area contributed by atoms with Crippen molar-refractivity contribution in [2.45, 2.75) is 17.5 Å². The molecule has 0 radical (unpaired) electrons. The Morgan fingerprint density at radius 3 is 2.83 bits per heavy atom. The van der Waals surface area contributed by atoms with Crippen LogP contribution >= 0.6 is 23.4 Å². The molecule has 2 heterocycles. The van der Waals surface area contributed by atoms with Gasteiger partial charge in [-0.1, -0.05) is 35.5 Å². The van der Waals surface area contributed by atoms with E-state index in [9.17, 15) is 5.11 Å². The number of oxazole rings is 1. The van der Waals surface area contributed by atoms with Gasteiger partial charge in [0.2, 0.25) is 0 Å². The second kappa shape index (κ2) is 6.47. The summed E-state index contributed by atoms with van der Waals surface area (Å²) in [5.74, 6) is 1.45. The van der Waals surface area contributed by atoms with Crippen LogP contribution in [0.1, 0.15) is 5.82 Å². The van der Waals surface area contributed by atoms with E-state index in [-0.39, 0.29) is 6.61 Å². The molecule has 2 aromatic heterocycles. The van der Waals surface area contributed by atoms with Gasteiger partial charge in [-0.25, -0.2) is 9.97 Å². The van der Waals surface area contributed by atoms with Gasteiger partial charge in [0.05, 0.1) is 23.4 Å². The van der Waals surface area contributed by atoms with Gasteiger partial charge in [-0.3, -0.25) is 0 Å². The molecule has 0 aliphatic rings. The second-order valence-corrected chi connectivity index (χ2v) is 6.64. The summed E-state index contributed by atoms with van der Waals surface area (Å²) in [7, 11) is 0. The summed E-state index contributed by atoms with van der Waals surface area (Å²) in [6.07, 6.45) is 0.